The molecule has 1 aliphatic heterocycles. The molecule has 0 N–H and O–H groups in total. The van der Waals surface area contributed by atoms with Crippen molar-refractivity contribution >= 4 is 29.0 Å². The molecule has 226 valence electrons. The van der Waals surface area contributed by atoms with E-state index in [1.54, 1.807) is 20.3 Å². The Balaban J connectivity index is 1.57. The van der Waals surface area contributed by atoms with Gasteiger partial charge in [-0.05, 0) is 62.1 Å². The maximum Gasteiger partial charge on any atom is 0.513 e. The van der Waals surface area contributed by atoms with Gasteiger partial charge in [0.05, 0.1) is 21.3 Å². The molecule has 6 rings (SSSR count). The summed E-state index contributed by atoms with van der Waals surface area (Å²) in [7, 11) is 4.47. The molecule has 1 saturated carbocycles. The Bertz CT molecular complexity index is 1650. The average Bonchev–Trinajstić information content (AvgIpc) is 3.08. The molecule has 8 nitrogen and oxygen atoms in total. The molecule has 44 heavy (non-hydrogen) atoms. The van der Waals surface area contributed by atoms with Gasteiger partial charge in [0.25, 0.3) is 0 Å². The van der Waals surface area contributed by atoms with Gasteiger partial charge in [-0.3, -0.25) is 0 Å². The van der Waals surface area contributed by atoms with Gasteiger partial charge in [0, 0.05) is 27.5 Å². The van der Waals surface area contributed by atoms with Gasteiger partial charge < -0.3 is 28.4 Å². The number of esters is 1. The Hall–Kier alpha value is -4.98. The molecule has 0 spiro atoms. The Morgan fingerprint density at radius 3 is 1.93 bits per heavy atom. The second-order valence-electron chi connectivity index (χ2n) is 10.8. The average molecular weight is 595 g/mol. The minimum absolute atomic E-state index is 0.0710. The first-order valence-corrected chi connectivity index (χ1v) is 14.7. The Kier molecular flexibility index (Phi) is 8.15. The van der Waals surface area contributed by atoms with E-state index in [1.807, 2.05) is 78.9 Å². The monoisotopic (exact) mass is 594 g/mol. The van der Waals surface area contributed by atoms with Gasteiger partial charge in [0.1, 0.15) is 28.9 Å². The van der Waals surface area contributed by atoms with Crippen LogP contribution in [0.3, 0.4) is 0 Å². The van der Waals surface area contributed by atoms with Crippen LogP contribution in [0.25, 0.3) is 16.8 Å². The first kappa shape index (κ1) is 29.1. The number of fused-ring (bicyclic) bond motifs is 3. The van der Waals surface area contributed by atoms with Crippen LogP contribution < -0.4 is 18.9 Å². The highest BCUT2D eigenvalue weighted by Crippen LogP contribution is 2.50. The van der Waals surface area contributed by atoms with Gasteiger partial charge in [-0.2, -0.15) is 0 Å². The summed E-state index contributed by atoms with van der Waals surface area (Å²) in [5, 5.41) is 1.17. The van der Waals surface area contributed by atoms with Crippen molar-refractivity contribution in [3.8, 4) is 23.0 Å². The first-order chi connectivity index (χ1) is 21.5. The number of methoxy groups -OCH3 is 3. The summed E-state index contributed by atoms with van der Waals surface area (Å²) in [6.45, 7) is 0. The predicted octanol–water partition coefficient (Wildman–Crippen LogP) is 7.84. The van der Waals surface area contributed by atoms with E-state index in [0.29, 0.717) is 33.6 Å². The lowest BCUT2D eigenvalue weighted by Gasteiger charge is -2.37. The molecule has 0 bridgehead atoms. The van der Waals surface area contributed by atoms with Crippen LogP contribution in [0, 0.1) is 0 Å². The minimum Gasteiger partial charge on any atom is -0.497 e. The highest BCUT2D eigenvalue weighted by molar-refractivity contribution is 6.09. The molecule has 8 heteroatoms. The molecular weight excluding hydrogens is 560 g/mol. The third kappa shape index (κ3) is 5.32. The van der Waals surface area contributed by atoms with E-state index < -0.39 is 17.7 Å². The molecule has 4 aromatic rings. The lowest BCUT2D eigenvalue weighted by molar-refractivity contribution is 0.0206. The molecule has 0 amide bonds. The molecule has 1 heterocycles. The Morgan fingerprint density at radius 2 is 1.36 bits per heavy atom. The minimum atomic E-state index is -1.08. The van der Waals surface area contributed by atoms with Crippen LogP contribution >= 0.6 is 0 Å². The van der Waals surface area contributed by atoms with Crippen LogP contribution in [-0.2, 0) is 15.1 Å². The molecule has 0 saturated heterocycles. The summed E-state index contributed by atoms with van der Waals surface area (Å²) >= 11 is 0. The van der Waals surface area contributed by atoms with Gasteiger partial charge in [0.15, 0.2) is 11.4 Å². The highest BCUT2D eigenvalue weighted by Gasteiger charge is 2.41. The molecule has 2 aliphatic rings. The fraction of sp³-hybridized carbons (Fsp3) is 0.278. The standard InChI is InChI=1S/C36H34O8/c1-39-25-17-13-23(14-18-25)36(24-15-19-26(40-2)20-16-24)22-21-30-31(34(37)42-27-9-5-4-6-10-27)33(43-35(38)41-3)29-12-8-7-11-28(29)32(30)44-36/h7-8,11-22,27H,4-6,9-10H2,1-3H3. The molecule has 0 aromatic heterocycles. The van der Waals surface area contributed by atoms with Crippen molar-refractivity contribution < 1.29 is 38.0 Å². The summed E-state index contributed by atoms with van der Waals surface area (Å²) in [6.07, 6.45) is 7.30. The first-order valence-electron chi connectivity index (χ1n) is 14.7. The van der Waals surface area contributed by atoms with E-state index >= 15 is 0 Å². The number of carbonyl (C=O) groups is 2. The Morgan fingerprint density at radius 1 is 0.773 bits per heavy atom. The summed E-state index contributed by atoms with van der Waals surface area (Å²) < 4.78 is 34.5. The van der Waals surface area contributed by atoms with Gasteiger partial charge in [-0.1, -0.05) is 55.0 Å². The zero-order valence-corrected chi connectivity index (χ0v) is 25.0. The second kappa shape index (κ2) is 12.3. The summed E-state index contributed by atoms with van der Waals surface area (Å²) in [4.78, 5) is 26.5. The van der Waals surface area contributed by atoms with Gasteiger partial charge in [0.2, 0.25) is 0 Å². The van der Waals surface area contributed by atoms with Crippen LogP contribution in [0.15, 0.2) is 78.9 Å². The zero-order chi connectivity index (χ0) is 30.7. The quantitative estimate of drug-likeness (QED) is 0.158. The van der Waals surface area contributed by atoms with Crippen molar-refractivity contribution in [1.82, 2.24) is 0 Å². The van der Waals surface area contributed by atoms with E-state index in [0.717, 1.165) is 43.2 Å². The molecule has 4 aromatic carbocycles. The van der Waals surface area contributed by atoms with Crippen LogP contribution in [0.2, 0.25) is 0 Å². The highest BCUT2D eigenvalue weighted by atomic mass is 16.7. The number of benzene rings is 4. The van der Waals surface area contributed by atoms with Crippen LogP contribution in [0.5, 0.6) is 23.0 Å². The maximum atomic E-state index is 14.0. The predicted molar refractivity (Wildman–Crippen MR) is 166 cm³/mol. The Labute approximate surface area is 256 Å². The molecular formula is C36H34O8. The maximum absolute atomic E-state index is 14.0. The third-order valence-electron chi connectivity index (χ3n) is 8.32. The molecule has 1 aliphatic carbocycles. The van der Waals surface area contributed by atoms with Crippen molar-refractivity contribution in [1.29, 1.82) is 0 Å². The van der Waals surface area contributed by atoms with E-state index in [1.165, 1.54) is 7.11 Å². The summed E-state index contributed by atoms with van der Waals surface area (Å²) in [6, 6.07) is 22.7. The van der Waals surface area contributed by atoms with Crippen molar-refractivity contribution in [3.63, 3.8) is 0 Å². The van der Waals surface area contributed by atoms with E-state index in [9.17, 15) is 9.59 Å². The number of ether oxygens (including phenoxy) is 6. The molecule has 1 fully saturated rings. The van der Waals surface area contributed by atoms with E-state index in [2.05, 4.69) is 0 Å². The lowest BCUT2D eigenvalue weighted by atomic mass is 9.82. The summed E-state index contributed by atoms with van der Waals surface area (Å²) in [5.41, 5.74) is 1.18. The number of rotatable bonds is 7. The third-order valence-corrected chi connectivity index (χ3v) is 8.32. The fourth-order valence-electron chi connectivity index (χ4n) is 6.04. The van der Waals surface area contributed by atoms with E-state index in [4.69, 9.17) is 28.4 Å². The van der Waals surface area contributed by atoms with Gasteiger partial charge in [-0.25, -0.2) is 9.59 Å². The zero-order valence-electron chi connectivity index (χ0n) is 25.0. The molecule has 0 radical (unpaired) electrons. The van der Waals surface area contributed by atoms with Crippen molar-refractivity contribution in [2.75, 3.05) is 21.3 Å². The smallest absolute Gasteiger partial charge is 0.497 e. The van der Waals surface area contributed by atoms with Crippen LogP contribution in [0.1, 0.15) is 59.2 Å². The number of hydrogen-bond donors (Lipinski definition) is 0. The second-order valence-corrected chi connectivity index (χ2v) is 10.8. The SMILES string of the molecule is COC(=O)Oc1c(C(=O)OC2CCCCC2)c2c(c3ccccc13)OC(c1ccc(OC)cc1)(c1ccc(OC)cc1)C=C2. The normalized spacial score (nSPS) is 15.5. The summed E-state index contributed by atoms with van der Waals surface area (Å²) in [5.74, 6) is 1.37. The lowest BCUT2D eigenvalue weighted by Crippen LogP contribution is -2.35. The van der Waals surface area contributed by atoms with E-state index in [-0.39, 0.29) is 17.4 Å². The van der Waals surface area contributed by atoms with Crippen LogP contribution in [0.4, 0.5) is 4.79 Å². The van der Waals surface area contributed by atoms with Gasteiger partial charge in [-0.15, -0.1) is 0 Å². The largest absolute Gasteiger partial charge is 0.513 e. The molecule has 0 unspecified atom stereocenters. The van der Waals surface area contributed by atoms with Crippen LogP contribution in [-0.4, -0.2) is 39.6 Å². The number of carbonyl (C=O) groups excluding carboxylic acids is 2. The van der Waals surface area contributed by atoms with Crippen molar-refractivity contribution in [3.05, 3.63) is 101 Å². The van der Waals surface area contributed by atoms with Crippen molar-refractivity contribution in [2.24, 2.45) is 0 Å². The number of hydrogen-bond acceptors (Lipinski definition) is 8. The fourth-order valence-corrected chi connectivity index (χ4v) is 6.04. The topological polar surface area (TPSA) is 89.5 Å². The van der Waals surface area contributed by atoms with Gasteiger partial charge >= 0.3 is 12.1 Å². The molecule has 0 atom stereocenters. The van der Waals surface area contributed by atoms with Crippen molar-refractivity contribution in [2.45, 2.75) is 43.8 Å².